The molecule has 1 aromatic rings. The predicted octanol–water partition coefficient (Wildman–Crippen LogP) is 3.19. The monoisotopic (exact) mass is 176 g/mol. The Hall–Kier alpha value is -0.870. The van der Waals surface area contributed by atoms with Gasteiger partial charge in [-0.25, -0.2) is 0 Å². The fourth-order valence-electron chi connectivity index (χ4n) is 0.813. The SMILES string of the molecule is C#CC(C)(C)Sc1ccccc1. The molecule has 0 aliphatic carbocycles. The van der Waals surface area contributed by atoms with Gasteiger partial charge in [-0.15, -0.1) is 18.2 Å². The Kier molecular flexibility index (Phi) is 2.83. The summed E-state index contributed by atoms with van der Waals surface area (Å²) in [4.78, 5) is 1.22. The quantitative estimate of drug-likeness (QED) is 0.492. The number of hydrogen-bond donors (Lipinski definition) is 0. The molecule has 0 saturated carbocycles. The van der Waals surface area contributed by atoms with Crippen molar-refractivity contribution in [1.82, 2.24) is 0 Å². The Bertz CT molecular complexity index is 280. The van der Waals surface area contributed by atoms with E-state index in [9.17, 15) is 0 Å². The summed E-state index contributed by atoms with van der Waals surface area (Å²) in [6.45, 7) is 4.09. The van der Waals surface area contributed by atoms with E-state index >= 15 is 0 Å². The largest absolute Gasteiger partial charge is 0.119 e. The normalized spacial score (nSPS) is 10.8. The van der Waals surface area contributed by atoms with Gasteiger partial charge in [0, 0.05) is 4.90 Å². The van der Waals surface area contributed by atoms with Gasteiger partial charge in [0.1, 0.15) is 0 Å². The molecule has 0 spiro atoms. The molecule has 1 heteroatoms. The molecule has 0 heterocycles. The van der Waals surface area contributed by atoms with Crippen LogP contribution in [-0.2, 0) is 0 Å². The van der Waals surface area contributed by atoms with Gasteiger partial charge in [-0.05, 0) is 26.0 Å². The van der Waals surface area contributed by atoms with Crippen LogP contribution < -0.4 is 0 Å². The van der Waals surface area contributed by atoms with Crippen LogP contribution in [0.5, 0.6) is 0 Å². The predicted molar refractivity (Wildman–Crippen MR) is 55.2 cm³/mol. The van der Waals surface area contributed by atoms with Gasteiger partial charge in [0.2, 0.25) is 0 Å². The molecule has 0 radical (unpaired) electrons. The molecular formula is C11H12S. The van der Waals surface area contributed by atoms with Crippen molar-refractivity contribution in [2.24, 2.45) is 0 Å². The maximum absolute atomic E-state index is 5.38. The lowest BCUT2D eigenvalue weighted by atomic mass is 10.2. The van der Waals surface area contributed by atoms with Crippen LogP contribution in [0, 0.1) is 12.3 Å². The minimum Gasteiger partial charge on any atom is -0.119 e. The summed E-state index contributed by atoms with van der Waals surface area (Å²) in [6.07, 6.45) is 5.38. The maximum atomic E-state index is 5.38. The van der Waals surface area contributed by atoms with Gasteiger partial charge in [-0.3, -0.25) is 0 Å². The average molecular weight is 176 g/mol. The van der Waals surface area contributed by atoms with Crippen molar-refractivity contribution < 1.29 is 0 Å². The molecule has 0 saturated heterocycles. The van der Waals surface area contributed by atoms with Gasteiger partial charge in [-0.1, -0.05) is 24.1 Å². The van der Waals surface area contributed by atoms with E-state index in [0.29, 0.717) is 0 Å². The lowest BCUT2D eigenvalue weighted by Gasteiger charge is -2.15. The minimum atomic E-state index is -0.110. The van der Waals surface area contributed by atoms with E-state index in [2.05, 4.69) is 18.1 Å². The summed E-state index contributed by atoms with van der Waals surface area (Å²) in [5, 5.41) is 0. The van der Waals surface area contributed by atoms with Crippen LogP contribution in [0.2, 0.25) is 0 Å². The van der Waals surface area contributed by atoms with Crippen molar-refractivity contribution in [1.29, 1.82) is 0 Å². The summed E-state index contributed by atoms with van der Waals surface area (Å²) >= 11 is 1.71. The molecule has 0 fully saturated rings. The molecule has 0 unspecified atom stereocenters. The second-order valence-electron chi connectivity index (χ2n) is 3.07. The van der Waals surface area contributed by atoms with Gasteiger partial charge in [0.05, 0.1) is 4.75 Å². The number of terminal acetylenes is 1. The van der Waals surface area contributed by atoms with E-state index in [1.54, 1.807) is 11.8 Å². The Morgan fingerprint density at radius 2 is 1.83 bits per heavy atom. The molecule has 1 aromatic carbocycles. The van der Waals surface area contributed by atoms with Crippen LogP contribution in [-0.4, -0.2) is 4.75 Å². The van der Waals surface area contributed by atoms with Gasteiger partial charge in [0.15, 0.2) is 0 Å². The van der Waals surface area contributed by atoms with Crippen LogP contribution in [0.25, 0.3) is 0 Å². The third-order valence-electron chi connectivity index (χ3n) is 1.46. The summed E-state index contributed by atoms with van der Waals surface area (Å²) < 4.78 is -0.110. The molecule has 1 rings (SSSR count). The molecule has 0 aliphatic rings. The Morgan fingerprint density at radius 1 is 1.25 bits per heavy atom. The first kappa shape index (κ1) is 9.22. The van der Waals surface area contributed by atoms with Crippen LogP contribution >= 0.6 is 11.8 Å². The van der Waals surface area contributed by atoms with Crippen molar-refractivity contribution in [3.05, 3.63) is 30.3 Å². The first-order valence-electron chi connectivity index (χ1n) is 3.86. The highest BCUT2D eigenvalue weighted by Crippen LogP contribution is 2.31. The third kappa shape index (κ3) is 2.64. The lowest BCUT2D eigenvalue weighted by molar-refractivity contribution is 0.933. The summed E-state index contributed by atoms with van der Waals surface area (Å²) in [7, 11) is 0. The number of hydrogen-bond acceptors (Lipinski definition) is 1. The minimum absolute atomic E-state index is 0.110. The van der Waals surface area contributed by atoms with E-state index in [4.69, 9.17) is 6.42 Å². The standard InChI is InChI=1S/C11H12S/c1-4-11(2,3)12-10-8-6-5-7-9-10/h1,5-9H,2-3H3. The fourth-order valence-corrected chi connectivity index (χ4v) is 1.75. The van der Waals surface area contributed by atoms with Crippen LogP contribution in [0.15, 0.2) is 35.2 Å². The maximum Gasteiger partial charge on any atom is 0.0753 e. The molecule has 0 bridgehead atoms. The van der Waals surface area contributed by atoms with Crippen molar-refractivity contribution in [3.8, 4) is 12.3 Å². The van der Waals surface area contributed by atoms with Crippen LogP contribution in [0.1, 0.15) is 13.8 Å². The highest BCUT2D eigenvalue weighted by atomic mass is 32.2. The van der Waals surface area contributed by atoms with Crippen molar-refractivity contribution in [3.63, 3.8) is 0 Å². The number of benzene rings is 1. The number of rotatable bonds is 2. The Balaban J connectivity index is 2.72. The van der Waals surface area contributed by atoms with Crippen molar-refractivity contribution in [2.75, 3.05) is 0 Å². The third-order valence-corrected chi connectivity index (χ3v) is 2.60. The zero-order valence-electron chi connectivity index (χ0n) is 7.37. The van der Waals surface area contributed by atoms with E-state index in [1.165, 1.54) is 4.90 Å². The molecule has 0 nitrogen and oxygen atoms in total. The lowest BCUT2D eigenvalue weighted by Crippen LogP contribution is -2.09. The second-order valence-corrected chi connectivity index (χ2v) is 4.77. The molecular weight excluding hydrogens is 164 g/mol. The van der Waals surface area contributed by atoms with Crippen LogP contribution in [0.3, 0.4) is 0 Å². The molecule has 0 atom stereocenters. The molecule has 0 N–H and O–H groups in total. The average Bonchev–Trinajstić information content (AvgIpc) is 2.06. The molecule has 62 valence electrons. The number of thioether (sulfide) groups is 1. The van der Waals surface area contributed by atoms with E-state index in [0.717, 1.165) is 0 Å². The second kappa shape index (κ2) is 3.69. The van der Waals surface area contributed by atoms with E-state index in [1.807, 2.05) is 32.0 Å². The molecule has 0 amide bonds. The first-order chi connectivity index (χ1) is 5.64. The highest BCUT2D eigenvalue weighted by Gasteiger charge is 2.14. The van der Waals surface area contributed by atoms with Gasteiger partial charge >= 0.3 is 0 Å². The Labute approximate surface area is 78.4 Å². The zero-order valence-corrected chi connectivity index (χ0v) is 8.19. The van der Waals surface area contributed by atoms with E-state index < -0.39 is 0 Å². The van der Waals surface area contributed by atoms with Gasteiger partial charge < -0.3 is 0 Å². The van der Waals surface area contributed by atoms with Crippen molar-refractivity contribution >= 4 is 11.8 Å². The highest BCUT2D eigenvalue weighted by molar-refractivity contribution is 8.00. The van der Waals surface area contributed by atoms with Crippen LogP contribution in [0.4, 0.5) is 0 Å². The summed E-state index contributed by atoms with van der Waals surface area (Å²) in [5.74, 6) is 2.75. The molecule has 0 aromatic heterocycles. The van der Waals surface area contributed by atoms with Gasteiger partial charge in [-0.2, -0.15) is 0 Å². The summed E-state index contributed by atoms with van der Waals surface area (Å²) in [6, 6.07) is 10.2. The smallest absolute Gasteiger partial charge is 0.0753 e. The first-order valence-corrected chi connectivity index (χ1v) is 4.67. The zero-order chi connectivity index (χ0) is 9.03. The topological polar surface area (TPSA) is 0 Å². The molecule has 0 aliphatic heterocycles. The Morgan fingerprint density at radius 3 is 2.33 bits per heavy atom. The molecule has 12 heavy (non-hydrogen) atoms. The van der Waals surface area contributed by atoms with E-state index in [-0.39, 0.29) is 4.75 Å². The fraction of sp³-hybridized carbons (Fsp3) is 0.273. The summed E-state index contributed by atoms with van der Waals surface area (Å²) in [5.41, 5.74) is 0. The van der Waals surface area contributed by atoms with Crippen molar-refractivity contribution in [2.45, 2.75) is 23.5 Å². The van der Waals surface area contributed by atoms with Gasteiger partial charge in [0.25, 0.3) is 0 Å².